The zero-order valence-corrected chi connectivity index (χ0v) is 20.0. The van der Waals surface area contributed by atoms with E-state index in [4.69, 9.17) is 4.52 Å². The van der Waals surface area contributed by atoms with E-state index in [2.05, 4.69) is 51.2 Å². The summed E-state index contributed by atoms with van der Waals surface area (Å²) in [6, 6.07) is 11.4. The molecule has 1 aliphatic heterocycles. The molecule has 12 nitrogen and oxygen atoms in total. The lowest BCUT2D eigenvalue weighted by Crippen LogP contribution is -2.43. The van der Waals surface area contributed by atoms with Gasteiger partial charge >= 0.3 is 11.8 Å². The normalized spacial score (nSPS) is 14.3. The minimum absolute atomic E-state index is 0.0692. The van der Waals surface area contributed by atoms with E-state index in [1.165, 1.54) is 12.7 Å². The summed E-state index contributed by atoms with van der Waals surface area (Å²) in [5.41, 5.74) is 3.67. The number of aryl methyl sites for hydroxylation is 1. The molecule has 0 saturated carbocycles. The Morgan fingerprint density at radius 1 is 1.03 bits per heavy atom. The average molecular weight is 487 g/mol. The van der Waals surface area contributed by atoms with Gasteiger partial charge in [0.1, 0.15) is 12.1 Å². The summed E-state index contributed by atoms with van der Waals surface area (Å²) in [4.78, 5) is 27.0. The number of anilines is 3. The summed E-state index contributed by atoms with van der Waals surface area (Å²) >= 11 is 0. The Labute approximate surface area is 207 Å². The van der Waals surface area contributed by atoms with Gasteiger partial charge in [-0.2, -0.15) is 4.98 Å². The van der Waals surface area contributed by atoms with Gasteiger partial charge in [0.2, 0.25) is 0 Å². The molecule has 4 heterocycles. The maximum absolute atomic E-state index is 12.2. The molecule has 1 aliphatic rings. The number of amides is 1. The Bertz CT molecular complexity index is 1320. The van der Waals surface area contributed by atoms with Gasteiger partial charge in [-0.05, 0) is 43.2 Å². The van der Waals surface area contributed by atoms with Crippen LogP contribution in [0.2, 0.25) is 0 Å². The fraction of sp³-hybridized carbons (Fsp3) is 0.292. The van der Waals surface area contributed by atoms with Gasteiger partial charge in [0.05, 0.1) is 11.7 Å². The summed E-state index contributed by atoms with van der Waals surface area (Å²) < 4.78 is 4.82. The molecular formula is C24H26N10O2. The minimum Gasteiger partial charge on any atom is -0.353 e. The predicted octanol–water partition coefficient (Wildman–Crippen LogP) is 2.27. The summed E-state index contributed by atoms with van der Waals surface area (Å²) in [5.74, 6) is 1.60. The van der Waals surface area contributed by atoms with Crippen LogP contribution in [0.3, 0.4) is 0 Å². The Morgan fingerprint density at radius 2 is 1.89 bits per heavy atom. The average Bonchev–Trinajstić information content (AvgIpc) is 3.45. The second-order valence-electron chi connectivity index (χ2n) is 8.44. The van der Waals surface area contributed by atoms with Crippen molar-refractivity contribution < 1.29 is 9.32 Å². The zero-order chi connectivity index (χ0) is 24.9. The van der Waals surface area contributed by atoms with Crippen LogP contribution in [0.4, 0.5) is 17.5 Å². The predicted molar refractivity (Wildman–Crippen MR) is 133 cm³/mol. The molecule has 1 atom stereocenters. The highest BCUT2D eigenvalue weighted by Crippen LogP contribution is 2.26. The van der Waals surface area contributed by atoms with Gasteiger partial charge in [-0.15, -0.1) is 10.2 Å². The third kappa shape index (κ3) is 5.28. The molecule has 1 aromatic carbocycles. The first-order valence-electron chi connectivity index (χ1n) is 11.6. The molecular weight excluding hydrogens is 460 g/mol. The monoisotopic (exact) mass is 486 g/mol. The van der Waals surface area contributed by atoms with Gasteiger partial charge in [-0.1, -0.05) is 17.3 Å². The van der Waals surface area contributed by atoms with E-state index < -0.39 is 5.91 Å². The molecule has 184 valence electrons. The fourth-order valence-electron chi connectivity index (χ4n) is 4.10. The van der Waals surface area contributed by atoms with Gasteiger partial charge < -0.3 is 25.4 Å². The van der Waals surface area contributed by atoms with E-state index in [1.54, 1.807) is 0 Å². The number of hydrogen-bond donors (Lipinski definition) is 3. The number of aromatic nitrogens is 6. The van der Waals surface area contributed by atoms with Crippen LogP contribution in [0.5, 0.6) is 0 Å². The van der Waals surface area contributed by atoms with Gasteiger partial charge in [-0.3, -0.25) is 4.79 Å². The van der Waals surface area contributed by atoms with Crippen LogP contribution < -0.4 is 20.9 Å². The maximum atomic E-state index is 12.2. The molecule has 1 amide bonds. The van der Waals surface area contributed by atoms with Crippen molar-refractivity contribution in [3.8, 4) is 11.3 Å². The number of carbonyl (C=O) groups is 1. The van der Waals surface area contributed by atoms with Crippen LogP contribution in [0.15, 0.2) is 53.6 Å². The molecule has 1 fully saturated rings. The highest BCUT2D eigenvalue weighted by Gasteiger charge is 2.18. The largest absolute Gasteiger partial charge is 0.353 e. The Morgan fingerprint density at radius 3 is 2.61 bits per heavy atom. The third-order valence-electron chi connectivity index (χ3n) is 5.95. The molecule has 36 heavy (non-hydrogen) atoms. The van der Waals surface area contributed by atoms with E-state index in [9.17, 15) is 4.79 Å². The molecule has 3 aromatic heterocycles. The van der Waals surface area contributed by atoms with Gasteiger partial charge in [0, 0.05) is 37.8 Å². The van der Waals surface area contributed by atoms with Crippen molar-refractivity contribution in [3.63, 3.8) is 0 Å². The van der Waals surface area contributed by atoms with Crippen molar-refractivity contribution >= 4 is 23.4 Å². The first-order chi connectivity index (χ1) is 17.6. The number of nitrogens with one attached hydrogen (secondary N) is 3. The van der Waals surface area contributed by atoms with Crippen LogP contribution in [0.25, 0.3) is 11.3 Å². The lowest BCUT2D eigenvalue weighted by molar-refractivity contribution is 0.0895. The van der Waals surface area contributed by atoms with E-state index in [1.807, 2.05) is 50.2 Å². The van der Waals surface area contributed by atoms with Crippen molar-refractivity contribution in [2.75, 3.05) is 36.4 Å². The number of carbonyl (C=O) groups excluding carboxylic acids is 1. The lowest BCUT2D eigenvalue weighted by atomic mass is 9.98. The molecule has 5 rings (SSSR count). The molecule has 0 aliphatic carbocycles. The van der Waals surface area contributed by atoms with Crippen LogP contribution >= 0.6 is 0 Å². The Hall–Kier alpha value is -4.45. The van der Waals surface area contributed by atoms with E-state index in [-0.39, 0.29) is 11.9 Å². The highest BCUT2D eigenvalue weighted by atomic mass is 16.5. The zero-order valence-electron chi connectivity index (χ0n) is 20.0. The van der Waals surface area contributed by atoms with Gasteiger partial charge in [-0.25, -0.2) is 9.97 Å². The molecule has 1 saturated heterocycles. The smallest absolute Gasteiger partial charge is 0.315 e. The quantitative estimate of drug-likeness (QED) is 0.353. The SMILES string of the molecule is Cc1cc(-c2cc(Nc3ccc(N4CCNCC4)nn3)ncn2)ccc1C(C)NC(=O)c1ncno1. The topological polar surface area (TPSA) is 147 Å². The number of rotatable bonds is 7. The Balaban J connectivity index is 1.27. The molecule has 1 unspecified atom stereocenters. The Kier molecular flexibility index (Phi) is 6.76. The molecule has 4 aromatic rings. The van der Waals surface area contributed by atoms with Crippen LogP contribution in [-0.4, -0.2) is 62.4 Å². The molecule has 0 radical (unpaired) electrons. The molecule has 0 spiro atoms. The van der Waals surface area contributed by atoms with E-state index >= 15 is 0 Å². The van der Waals surface area contributed by atoms with Gasteiger partial charge in [0.25, 0.3) is 0 Å². The maximum Gasteiger partial charge on any atom is 0.315 e. The summed E-state index contributed by atoms with van der Waals surface area (Å²) in [6.45, 7) is 7.61. The number of nitrogens with zero attached hydrogens (tertiary/aromatic N) is 7. The van der Waals surface area contributed by atoms with Gasteiger partial charge in [0.15, 0.2) is 18.0 Å². The molecule has 0 bridgehead atoms. The van der Waals surface area contributed by atoms with E-state index in [0.717, 1.165) is 54.4 Å². The molecule has 3 N–H and O–H groups in total. The van der Waals surface area contributed by atoms with Crippen molar-refractivity contribution in [1.82, 2.24) is 40.9 Å². The summed E-state index contributed by atoms with van der Waals surface area (Å²) in [7, 11) is 0. The second kappa shape index (κ2) is 10.4. The first-order valence-corrected chi connectivity index (χ1v) is 11.6. The van der Waals surface area contributed by atoms with Crippen molar-refractivity contribution in [1.29, 1.82) is 0 Å². The highest BCUT2D eigenvalue weighted by molar-refractivity contribution is 5.89. The van der Waals surface area contributed by atoms with Crippen LogP contribution in [-0.2, 0) is 0 Å². The van der Waals surface area contributed by atoms with Crippen molar-refractivity contribution in [3.05, 3.63) is 66.1 Å². The summed E-state index contributed by atoms with van der Waals surface area (Å²) in [5, 5.41) is 21.5. The second-order valence-corrected chi connectivity index (χ2v) is 8.44. The number of piperazine rings is 1. The standard InChI is InChI=1S/C24H26N10O2/c1-15-11-17(3-4-18(15)16(2)30-23(35)24-28-14-29-36-24)19-12-21(27-13-26-19)31-20-5-6-22(33-32-20)34-9-7-25-8-10-34/h3-6,11-14,16,25H,7-10H2,1-2H3,(H,30,35)(H,26,27,31,32). The minimum atomic E-state index is -0.418. The van der Waals surface area contributed by atoms with Crippen LogP contribution in [0, 0.1) is 6.92 Å². The number of benzene rings is 1. The van der Waals surface area contributed by atoms with E-state index in [0.29, 0.717) is 11.6 Å². The van der Waals surface area contributed by atoms with Crippen LogP contribution in [0.1, 0.15) is 34.8 Å². The first kappa shape index (κ1) is 23.3. The number of hydrogen-bond acceptors (Lipinski definition) is 11. The van der Waals surface area contributed by atoms with Crippen molar-refractivity contribution in [2.24, 2.45) is 0 Å². The fourth-order valence-corrected chi connectivity index (χ4v) is 4.10. The lowest BCUT2D eigenvalue weighted by Gasteiger charge is -2.27. The third-order valence-corrected chi connectivity index (χ3v) is 5.95. The summed E-state index contributed by atoms with van der Waals surface area (Å²) in [6.07, 6.45) is 2.70. The van der Waals surface area contributed by atoms with Crippen molar-refractivity contribution in [2.45, 2.75) is 19.9 Å². The molecule has 12 heteroatoms.